The lowest BCUT2D eigenvalue weighted by Gasteiger charge is -2.16. The minimum atomic E-state index is -0.578. The first-order chi connectivity index (χ1) is 10.3. The van der Waals surface area contributed by atoms with Gasteiger partial charge in [0.15, 0.2) is 0 Å². The average molecular weight is 281 g/mol. The third kappa shape index (κ3) is 4.64. The molecule has 2 aromatic carbocycles. The molecule has 1 amide bonds. The van der Waals surface area contributed by atoms with Gasteiger partial charge >= 0.3 is 6.09 Å². The molecule has 2 rings (SSSR count). The standard InChI is InChI=1S/C17H15NO3/c19-12-11-18(13-15-7-3-1-4-8-15)17(20)21-14-16-9-5-2-6-10-16/h1-11H,13-14H2. The molecule has 106 valence electrons. The van der Waals surface area contributed by atoms with Gasteiger partial charge in [0, 0.05) is 0 Å². The van der Waals surface area contributed by atoms with E-state index in [4.69, 9.17) is 4.74 Å². The zero-order chi connectivity index (χ0) is 14.9. The number of hydrogen-bond donors (Lipinski definition) is 0. The van der Waals surface area contributed by atoms with Gasteiger partial charge < -0.3 is 4.74 Å². The van der Waals surface area contributed by atoms with Crippen molar-refractivity contribution in [1.82, 2.24) is 4.90 Å². The van der Waals surface area contributed by atoms with Gasteiger partial charge in [-0.1, -0.05) is 60.7 Å². The lowest BCUT2D eigenvalue weighted by Crippen LogP contribution is -2.26. The SMILES string of the molecule is O=C=CN(Cc1ccccc1)C(=O)OCc1ccccc1. The Hall–Kier alpha value is -2.84. The summed E-state index contributed by atoms with van der Waals surface area (Å²) < 4.78 is 5.19. The van der Waals surface area contributed by atoms with Gasteiger partial charge in [-0.3, -0.25) is 4.90 Å². The number of nitrogens with zero attached hydrogens (tertiary/aromatic N) is 1. The summed E-state index contributed by atoms with van der Waals surface area (Å²) in [6.07, 6.45) is 0.478. The van der Waals surface area contributed by atoms with Crippen molar-refractivity contribution in [2.75, 3.05) is 0 Å². The van der Waals surface area contributed by atoms with E-state index < -0.39 is 6.09 Å². The van der Waals surface area contributed by atoms with Crippen molar-refractivity contribution in [2.45, 2.75) is 13.2 Å². The van der Waals surface area contributed by atoms with Crippen LogP contribution in [-0.2, 0) is 22.7 Å². The molecule has 0 bridgehead atoms. The third-order valence-electron chi connectivity index (χ3n) is 2.84. The van der Waals surface area contributed by atoms with E-state index in [1.807, 2.05) is 60.7 Å². The first-order valence-electron chi connectivity index (χ1n) is 6.52. The zero-order valence-electron chi connectivity index (χ0n) is 11.4. The molecule has 4 nitrogen and oxygen atoms in total. The Balaban J connectivity index is 1.97. The molecular formula is C17H15NO3. The lowest BCUT2D eigenvalue weighted by molar-refractivity contribution is 0.109. The minimum Gasteiger partial charge on any atom is -0.444 e. The topological polar surface area (TPSA) is 46.6 Å². The Labute approximate surface area is 123 Å². The van der Waals surface area contributed by atoms with Crippen LogP contribution in [0.15, 0.2) is 66.9 Å². The van der Waals surface area contributed by atoms with Gasteiger partial charge in [-0.05, 0) is 11.1 Å². The minimum absolute atomic E-state index is 0.164. The zero-order valence-corrected chi connectivity index (χ0v) is 11.4. The van der Waals surface area contributed by atoms with Crippen LogP contribution in [0.4, 0.5) is 4.79 Å². The number of benzene rings is 2. The van der Waals surface area contributed by atoms with Crippen LogP contribution < -0.4 is 0 Å². The molecule has 0 saturated carbocycles. The van der Waals surface area contributed by atoms with E-state index in [0.717, 1.165) is 17.3 Å². The van der Waals surface area contributed by atoms with Crippen LogP contribution >= 0.6 is 0 Å². The highest BCUT2D eigenvalue weighted by atomic mass is 16.6. The summed E-state index contributed by atoms with van der Waals surface area (Å²) in [5, 5.41) is 0. The first-order valence-corrected chi connectivity index (χ1v) is 6.52. The number of ether oxygens (including phenoxy) is 1. The summed E-state index contributed by atoms with van der Waals surface area (Å²) in [5.74, 6) is 1.62. The Kier molecular flexibility index (Phi) is 5.33. The van der Waals surface area contributed by atoms with Crippen molar-refractivity contribution < 1.29 is 14.3 Å². The van der Waals surface area contributed by atoms with Gasteiger partial charge in [-0.15, -0.1) is 0 Å². The van der Waals surface area contributed by atoms with Gasteiger partial charge in [-0.25, -0.2) is 9.59 Å². The summed E-state index contributed by atoms with van der Waals surface area (Å²) in [4.78, 5) is 23.8. The van der Waals surface area contributed by atoms with Crippen LogP contribution in [0, 0.1) is 0 Å². The quantitative estimate of drug-likeness (QED) is 0.791. The molecule has 0 radical (unpaired) electrons. The number of rotatable bonds is 5. The number of amides is 1. The van der Waals surface area contributed by atoms with Crippen molar-refractivity contribution in [3.05, 3.63) is 78.0 Å². The van der Waals surface area contributed by atoms with Crippen LogP contribution in [0.3, 0.4) is 0 Å². The average Bonchev–Trinajstić information content (AvgIpc) is 2.54. The maximum absolute atomic E-state index is 12.0. The summed E-state index contributed by atoms with van der Waals surface area (Å²) in [5.41, 5.74) is 1.79. The van der Waals surface area contributed by atoms with Crippen LogP contribution in [0.25, 0.3) is 0 Å². The molecule has 2 aromatic rings. The van der Waals surface area contributed by atoms with Gasteiger partial charge in [0.1, 0.15) is 12.5 Å². The molecule has 0 heterocycles. The third-order valence-corrected chi connectivity index (χ3v) is 2.84. The molecule has 0 aliphatic carbocycles. The monoisotopic (exact) mass is 281 g/mol. The Morgan fingerprint density at radius 3 is 2.14 bits per heavy atom. The summed E-state index contributed by atoms with van der Waals surface area (Å²) in [6.45, 7) is 0.432. The molecule has 0 aliphatic heterocycles. The van der Waals surface area contributed by atoms with E-state index in [1.54, 1.807) is 5.94 Å². The summed E-state index contributed by atoms with van der Waals surface area (Å²) >= 11 is 0. The van der Waals surface area contributed by atoms with Crippen LogP contribution in [0.2, 0.25) is 0 Å². The fourth-order valence-corrected chi connectivity index (χ4v) is 1.81. The molecule has 0 saturated heterocycles. The van der Waals surface area contributed by atoms with Crippen LogP contribution in [0.1, 0.15) is 11.1 Å². The Bertz CT molecular complexity index is 619. The van der Waals surface area contributed by atoms with E-state index in [1.165, 1.54) is 4.90 Å². The molecule has 0 atom stereocenters. The van der Waals surface area contributed by atoms with E-state index in [9.17, 15) is 9.59 Å². The van der Waals surface area contributed by atoms with Gasteiger partial charge in [0.05, 0.1) is 12.7 Å². The predicted octanol–water partition coefficient (Wildman–Crippen LogP) is 3.17. The molecule has 21 heavy (non-hydrogen) atoms. The molecule has 0 aromatic heterocycles. The van der Waals surface area contributed by atoms with Gasteiger partial charge in [-0.2, -0.15) is 0 Å². The molecule has 4 heteroatoms. The fraction of sp³-hybridized carbons (Fsp3) is 0.118. The second kappa shape index (κ2) is 7.68. The summed E-state index contributed by atoms with van der Waals surface area (Å²) in [6, 6.07) is 18.7. The molecule has 0 aliphatic rings. The van der Waals surface area contributed by atoms with Crippen molar-refractivity contribution >= 4 is 12.0 Å². The smallest absolute Gasteiger partial charge is 0.415 e. The second-order valence-electron chi connectivity index (χ2n) is 4.40. The normalized spacial score (nSPS) is 9.52. The van der Waals surface area contributed by atoms with E-state index >= 15 is 0 Å². The van der Waals surface area contributed by atoms with Crippen LogP contribution in [-0.4, -0.2) is 16.9 Å². The Morgan fingerprint density at radius 1 is 1.00 bits per heavy atom. The molecule has 0 N–H and O–H groups in total. The largest absolute Gasteiger partial charge is 0.444 e. The number of hydrogen-bond acceptors (Lipinski definition) is 3. The lowest BCUT2D eigenvalue weighted by atomic mass is 10.2. The number of carbonyl (C=O) groups excluding carboxylic acids is 2. The van der Waals surface area contributed by atoms with Gasteiger partial charge in [0.25, 0.3) is 0 Å². The second-order valence-corrected chi connectivity index (χ2v) is 4.40. The first kappa shape index (κ1) is 14.6. The molecular weight excluding hydrogens is 266 g/mol. The van der Waals surface area contributed by atoms with Gasteiger partial charge in [0.2, 0.25) is 0 Å². The maximum atomic E-state index is 12.0. The summed E-state index contributed by atoms with van der Waals surface area (Å²) in [7, 11) is 0. The number of carbonyl (C=O) groups is 1. The highest BCUT2D eigenvalue weighted by molar-refractivity contribution is 5.71. The highest BCUT2D eigenvalue weighted by Gasteiger charge is 2.13. The van der Waals surface area contributed by atoms with Crippen molar-refractivity contribution in [1.29, 1.82) is 0 Å². The predicted molar refractivity (Wildman–Crippen MR) is 78.9 cm³/mol. The van der Waals surface area contributed by atoms with E-state index in [2.05, 4.69) is 0 Å². The molecule has 0 spiro atoms. The van der Waals surface area contributed by atoms with Crippen molar-refractivity contribution in [2.24, 2.45) is 0 Å². The molecule has 0 fully saturated rings. The van der Waals surface area contributed by atoms with Crippen molar-refractivity contribution in [3.8, 4) is 0 Å². The fourth-order valence-electron chi connectivity index (χ4n) is 1.81. The van der Waals surface area contributed by atoms with Crippen LogP contribution in [0.5, 0.6) is 0 Å². The van der Waals surface area contributed by atoms with E-state index in [-0.39, 0.29) is 13.2 Å². The van der Waals surface area contributed by atoms with E-state index in [0.29, 0.717) is 0 Å². The molecule has 0 unspecified atom stereocenters. The highest BCUT2D eigenvalue weighted by Crippen LogP contribution is 2.08. The van der Waals surface area contributed by atoms with Crippen molar-refractivity contribution in [3.63, 3.8) is 0 Å². The Morgan fingerprint density at radius 2 is 1.57 bits per heavy atom. The maximum Gasteiger partial charge on any atom is 0.415 e.